The molecule has 0 bridgehead atoms. The maximum Gasteiger partial charge on any atom is 0.338 e. The van der Waals surface area contributed by atoms with E-state index in [1.165, 1.54) is 31.2 Å². The van der Waals surface area contributed by atoms with Gasteiger partial charge < -0.3 is 47.9 Å². The lowest BCUT2D eigenvalue weighted by molar-refractivity contribution is -0.343. The van der Waals surface area contributed by atoms with Gasteiger partial charge in [-0.15, -0.1) is 0 Å². The quantitative estimate of drug-likeness (QED) is 0.0579. The lowest BCUT2D eigenvalue weighted by Gasteiger charge is -2.49. The van der Waals surface area contributed by atoms with E-state index in [0.717, 1.165) is 16.7 Å². The third-order valence-corrected chi connectivity index (χ3v) is 11.7. The number of halogens is 1. The average Bonchev–Trinajstić information content (AvgIpc) is 3.40. The Morgan fingerprint density at radius 1 is 0.479 bits per heavy atom. The molecule has 1 amide bonds. The number of rotatable bonds is 20. The van der Waals surface area contributed by atoms with E-state index in [1.807, 2.05) is 91.0 Å². The largest absolute Gasteiger partial charge is 0.459 e. The summed E-state index contributed by atoms with van der Waals surface area (Å²) in [5.41, 5.74) is 2.85. The lowest BCUT2D eigenvalue weighted by atomic mass is 9.94. The second kappa shape index (κ2) is 25.1. The summed E-state index contributed by atoms with van der Waals surface area (Å²) in [7, 11) is 0. The molecule has 8 rings (SSSR count). The molecule has 6 aromatic rings. The summed E-state index contributed by atoms with van der Waals surface area (Å²) in [6.45, 7) is 0.522. The van der Waals surface area contributed by atoms with Gasteiger partial charge in [0.15, 0.2) is 18.5 Å². The standard InChI is InChI=1S/C56H54FNO13/c1-37(59)58-46-49(70-55(62)43-30-18-7-19-31-43)47(69-54(61)42-28-16-6-17-29-42)45(36-66-53(60)41-26-14-5-15-27-41)68-56(46)71-48-44(35-63-32-38-20-8-2-9-21-38)67-52(57)51(65-34-40-24-12-4-13-25-40)50(48)64-33-39-22-10-3-11-23-39/h2-31,44-52,56H,32-36H2,1H3,(H,58,59)/t44-,45-,46+,47-,48-,49-,50+,51-,52-,56+/m1/s1. The van der Waals surface area contributed by atoms with Gasteiger partial charge in [0.2, 0.25) is 12.3 Å². The number of hydrogen-bond donors (Lipinski definition) is 1. The molecule has 10 atom stereocenters. The van der Waals surface area contributed by atoms with Crippen molar-refractivity contribution in [2.75, 3.05) is 13.2 Å². The van der Waals surface area contributed by atoms with Crippen LogP contribution in [0.3, 0.4) is 0 Å². The van der Waals surface area contributed by atoms with Crippen molar-refractivity contribution in [3.63, 3.8) is 0 Å². The highest BCUT2D eigenvalue weighted by Gasteiger charge is 2.56. The molecular weight excluding hydrogens is 914 g/mol. The molecule has 15 heteroatoms. The van der Waals surface area contributed by atoms with E-state index in [1.54, 1.807) is 66.7 Å². The SMILES string of the molecule is CC(=O)N[C@@H]1[C@H](O[C@H]2[C@H](OCc3ccccc3)[C@@H](OCc3ccccc3)[C@H](F)O[C@@H]2COCc2ccccc2)O[C@H](COC(=O)c2ccccc2)[C@@H](OC(=O)c2ccccc2)[C@@H]1OC(=O)c1ccccc1. The van der Waals surface area contributed by atoms with Crippen LogP contribution in [0.15, 0.2) is 182 Å². The van der Waals surface area contributed by atoms with Crippen molar-refractivity contribution in [3.8, 4) is 0 Å². The highest BCUT2D eigenvalue weighted by molar-refractivity contribution is 5.91. The van der Waals surface area contributed by atoms with Gasteiger partial charge in [0.25, 0.3) is 0 Å². The van der Waals surface area contributed by atoms with Gasteiger partial charge in [-0.05, 0) is 53.1 Å². The number of alkyl halides is 1. The second-order valence-electron chi connectivity index (χ2n) is 16.9. The minimum absolute atomic E-state index is 0.0194. The van der Waals surface area contributed by atoms with Crippen molar-refractivity contribution in [2.45, 2.75) is 88.2 Å². The van der Waals surface area contributed by atoms with Crippen LogP contribution < -0.4 is 5.32 Å². The van der Waals surface area contributed by atoms with Crippen molar-refractivity contribution in [1.82, 2.24) is 5.32 Å². The summed E-state index contributed by atoms with van der Waals surface area (Å²) in [4.78, 5) is 55.1. The van der Waals surface area contributed by atoms with Crippen molar-refractivity contribution in [2.24, 2.45) is 0 Å². The van der Waals surface area contributed by atoms with Crippen molar-refractivity contribution in [1.29, 1.82) is 0 Å². The zero-order valence-corrected chi connectivity index (χ0v) is 38.8. The van der Waals surface area contributed by atoms with Gasteiger partial charge in [-0.1, -0.05) is 146 Å². The molecule has 71 heavy (non-hydrogen) atoms. The Morgan fingerprint density at radius 3 is 1.39 bits per heavy atom. The molecule has 368 valence electrons. The number of carbonyl (C=O) groups excluding carboxylic acids is 4. The monoisotopic (exact) mass is 967 g/mol. The van der Waals surface area contributed by atoms with E-state index >= 15 is 4.39 Å². The highest BCUT2D eigenvalue weighted by Crippen LogP contribution is 2.36. The summed E-state index contributed by atoms with van der Waals surface area (Å²) in [5.74, 6) is -3.03. The first kappa shape index (κ1) is 50.3. The van der Waals surface area contributed by atoms with Crippen LogP contribution in [-0.2, 0) is 67.2 Å². The Kier molecular flexibility index (Phi) is 17.8. The van der Waals surface area contributed by atoms with E-state index < -0.39 is 91.8 Å². The Morgan fingerprint density at radius 2 is 0.901 bits per heavy atom. The molecule has 2 aliphatic rings. The summed E-state index contributed by atoms with van der Waals surface area (Å²) in [5, 5.41) is 2.82. The Balaban J connectivity index is 1.20. The van der Waals surface area contributed by atoms with Gasteiger partial charge in [-0.3, -0.25) is 4.79 Å². The fraction of sp³-hybridized carbons (Fsp3) is 0.286. The topological polar surface area (TPSA) is 163 Å². The maximum atomic E-state index is 16.8. The Hall–Kier alpha value is -7.11. The maximum absolute atomic E-state index is 16.8. The first-order chi connectivity index (χ1) is 34.7. The summed E-state index contributed by atoms with van der Waals surface area (Å²) in [6.07, 6.45) is -13.5. The first-order valence-corrected chi connectivity index (χ1v) is 23.2. The van der Waals surface area contributed by atoms with Crippen LogP contribution >= 0.6 is 0 Å². The van der Waals surface area contributed by atoms with E-state index in [0.29, 0.717) is 0 Å². The van der Waals surface area contributed by atoms with Crippen LogP contribution in [0.5, 0.6) is 0 Å². The molecule has 2 fully saturated rings. The molecule has 2 heterocycles. The third kappa shape index (κ3) is 13.8. The fourth-order valence-electron chi connectivity index (χ4n) is 8.26. The molecule has 14 nitrogen and oxygen atoms in total. The zero-order valence-electron chi connectivity index (χ0n) is 38.8. The van der Waals surface area contributed by atoms with Crippen LogP contribution in [0, 0.1) is 0 Å². The normalized spacial score (nSPS) is 24.0. The van der Waals surface area contributed by atoms with Gasteiger partial charge in [-0.2, -0.15) is 0 Å². The molecule has 0 saturated carbocycles. The number of ether oxygens (including phenoxy) is 9. The molecule has 0 aromatic heterocycles. The minimum Gasteiger partial charge on any atom is -0.459 e. The molecule has 0 unspecified atom stereocenters. The predicted molar refractivity (Wildman–Crippen MR) is 255 cm³/mol. The van der Waals surface area contributed by atoms with Crippen molar-refractivity contribution >= 4 is 23.8 Å². The van der Waals surface area contributed by atoms with E-state index in [9.17, 15) is 19.2 Å². The number of amides is 1. The smallest absolute Gasteiger partial charge is 0.338 e. The minimum atomic E-state index is -2.06. The van der Waals surface area contributed by atoms with Gasteiger partial charge in [-0.25, -0.2) is 18.8 Å². The fourth-order valence-corrected chi connectivity index (χ4v) is 8.26. The molecule has 6 aromatic carbocycles. The highest BCUT2D eigenvalue weighted by atomic mass is 19.1. The number of hydrogen-bond acceptors (Lipinski definition) is 13. The number of carbonyl (C=O) groups is 4. The molecule has 2 aliphatic heterocycles. The van der Waals surface area contributed by atoms with Gasteiger partial charge in [0.05, 0.1) is 43.1 Å². The summed E-state index contributed by atoms with van der Waals surface area (Å²) >= 11 is 0. The lowest BCUT2D eigenvalue weighted by Crippen LogP contribution is -2.69. The van der Waals surface area contributed by atoms with Crippen LogP contribution in [0.4, 0.5) is 4.39 Å². The van der Waals surface area contributed by atoms with Crippen LogP contribution in [-0.4, -0.2) is 98.4 Å². The number of nitrogens with one attached hydrogen (secondary N) is 1. The Labute approximate surface area is 410 Å². The van der Waals surface area contributed by atoms with Crippen LogP contribution in [0.2, 0.25) is 0 Å². The Bertz CT molecular complexity index is 2600. The third-order valence-electron chi connectivity index (χ3n) is 11.7. The van der Waals surface area contributed by atoms with Gasteiger partial charge >= 0.3 is 17.9 Å². The molecule has 2 saturated heterocycles. The molecule has 1 N–H and O–H groups in total. The van der Waals surface area contributed by atoms with Crippen LogP contribution in [0.25, 0.3) is 0 Å². The summed E-state index contributed by atoms with van der Waals surface area (Å²) < 4.78 is 74.1. The van der Waals surface area contributed by atoms with E-state index in [-0.39, 0.29) is 43.1 Å². The number of benzene rings is 6. The zero-order chi connectivity index (χ0) is 49.4. The molecule has 0 aliphatic carbocycles. The summed E-state index contributed by atoms with van der Waals surface area (Å²) in [6, 6.07) is 50.7. The van der Waals surface area contributed by atoms with Gasteiger partial charge in [0.1, 0.15) is 43.2 Å². The van der Waals surface area contributed by atoms with Crippen molar-refractivity contribution < 1.29 is 66.2 Å². The molecular formula is C56H54FNO13. The van der Waals surface area contributed by atoms with Crippen molar-refractivity contribution in [3.05, 3.63) is 215 Å². The van der Waals surface area contributed by atoms with Crippen LogP contribution in [0.1, 0.15) is 54.7 Å². The van der Waals surface area contributed by atoms with Gasteiger partial charge in [0, 0.05) is 6.92 Å². The molecule has 0 spiro atoms. The predicted octanol–water partition coefficient (Wildman–Crippen LogP) is 7.99. The second-order valence-corrected chi connectivity index (χ2v) is 16.9. The van der Waals surface area contributed by atoms with E-state index in [4.69, 9.17) is 42.6 Å². The molecule has 0 radical (unpaired) electrons. The first-order valence-electron chi connectivity index (χ1n) is 23.2. The number of esters is 3. The van der Waals surface area contributed by atoms with E-state index in [2.05, 4.69) is 5.32 Å². The average molecular weight is 968 g/mol.